The lowest BCUT2D eigenvalue weighted by atomic mass is 9.87. The molecule has 0 bridgehead atoms. The highest BCUT2D eigenvalue weighted by atomic mass is 19.1. The summed E-state index contributed by atoms with van der Waals surface area (Å²) in [7, 11) is 0. The van der Waals surface area contributed by atoms with Gasteiger partial charge in [-0.2, -0.15) is 0 Å². The molecule has 1 atom stereocenters. The molecule has 0 spiro atoms. The summed E-state index contributed by atoms with van der Waals surface area (Å²) in [5.74, 6) is 0.413. The summed E-state index contributed by atoms with van der Waals surface area (Å²) in [6.07, 6.45) is 5.60. The van der Waals surface area contributed by atoms with Crippen LogP contribution in [0.2, 0.25) is 0 Å². The van der Waals surface area contributed by atoms with E-state index in [1.54, 1.807) is 0 Å². The van der Waals surface area contributed by atoms with Crippen molar-refractivity contribution >= 4 is 0 Å². The molecule has 0 fully saturated rings. The van der Waals surface area contributed by atoms with Crippen LogP contribution < -0.4 is 5.73 Å². The normalized spacial score (nSPS) is 13.0. The highest BCUT2D eigenvalue weighted by Crippen LogP contribution is 2.19. The molecule has 0 aliphatic carbocycles. The minimum atomic E-state index is -0.180. The van der Waals surface area contributed by atoms with Crippen molar-refractivity contribution in [2.75, 3.05) is 0 Å². The number of nitrogens with two attached hydrogens (primary N) is 1. The molecule has 96 valence electrons. The van der Waals surface area contributed by atoms with Crippen molar-refractivity contribution in [2.45, 2.75) is 52.0 Å². The zero-order valence-electron chi connectivity index (χ0n) is 11.0. The van der Waals surface area contributed by atoms with Crippen LogP contribution >= 0.6 is 0 Å². The van der Waals surface area contributed by atoms with Gasteiger partial charge in [-0.1, -0.05) is 38.8 Å². The maximum absolute atomic E-state index is 12.8. The van der Waals surface area contributed by atoms with Crippen molar-refractivity contribution in [3.05, 3.63) is 35.6 Å². The zero-order valence-corrected chi connectivity index (χ0v) is 11.0. The molecule has 1 aromatic rings. The zero-order chi connectivity index (χ0) is 12.7. The molecule has 0 aromatic heterocycles. The molecular weight excluding hydrogens is 213 g/mol. The Balaban J connectivity index is 2.55. The Morgan fingerprint density at radius 3 is 2.06 bits per heavy atom. The number of hydrogen-bond donors (Lipinski definition) is 1. The topological polar surface area (TPSA) is 26.0 Å². The second kappa shape index (κ2) is 7.44. The molecule has 0 radical (unpaired) electrons. The van der Waals surface area contributed by atoms with Crippen LogP contribution in [0.1, 0.15) is 45.1 Å². The van der Waals surface area contributed by atoms with E-state index in [2.05, 4.69) is 13.8 Å². The predicted octanol–water partition coefficient (Wildman–Crippen LogP) is 3.91. The van der Waals surface area contributed by atoms with Crippen LogP contribution in [0.3, 0.4) is 0 Å². The SMILES string of the molecule is CCCC(CCC)C(N)Cc1ccc(F)cc1. The Morgan fingerprint density at radius 1 is 1.06 bits per heavy atom. The number of halogens is 1. The Labute approximate surface area is 104 Å². The molecule has 0 aliphatic heterocycles. The Kier molecular flexibility index (Phi) is 6.20. The van der Waals surface area contributed by atoms with E-state index in [4.69, 9.17) is 5.73 Å². The van der Waals surface area contributed by atoms with Gasteiger partial charge in [0.05, 0.1) is 0 Å². The first kappa shape index (κ1) is 14.2. The van der Waals surface area contributed by atoms with Gasteiger partial charge in [0.2, 0.25) is 0 Å². The van der Waals surface area contributed by atoms with Crippen LogP contribution in [0.4, 0.5) is 4.39 Å². The third-order valence-electron chi connectivity index (χ3n) is 3.31. The first-order valence-corrected chi connectivity index (χ1v) is 6.67. The monoisotopic (exact) mass is 237 g/mol. The Morgan fingerprint density at radius 2 is 1.59 bits per heavy atom. The van der Waals surface area contributed by atoms with Gasteiger partial charge in [-0.25, -0.2) is 4.39 Å². The van der Waals surface area contributed by atoms with Gasteiger partial charge in [0.1, 0.15) is 5.82 Å². The molecule has 0 saturated heterocycles. The van der Waals surface area contributed by atoms with Crippen molar-refractivity contribution < 1.29 is 4.39 Å². The molecular formula is C15H24FN. The molecule has 0 saturated carbocycles. The lowest BCUT2D eigenvalue weighted by Crippen LogP contribution is -2.32. The van der Waals surface area contributed by atoms with E-state index in [-0.39, 0.29) is 11.9 Å². The van der Waals surface area contributed by atoms with E-state index in [0.29, 0.717) is 5.92 Å². The second-order valence-corrected chi connectivity index (χ2v) is 4.83. The Hall–Kier alpha value is -0.890. The molecule has 0 amide bonds. The summed E-state index contributed by atoms with van der Waals surface area (Å²) in [4.78, 5) is 0. The highest BCUT2D eigenvalue weighted by Gasteiger charge is 2.16. The van der Waals surface area contributed by atoms with Crippen molar-refractivity contribution in [1.29, 1.82) is 0 Å². The first-order chi connectivity index (χ1) is 8.17. The third-order valence-corrected chi connectivity index (χ3v) is 3.31. The number of benzene rings is 1. The lowest BCUT2D eigenvalue weighted by molar-refractivity contribution is 0.360. The lowest BCUT2D eigenvalue weighted by Gasteiger charge is -2.23. The average molecular weight is 237 g/mol. The standard InChI is InChI=1S/C15H24FN/c1-3-5-13(6-4-2)15(17)11-12-7-9-14(16)10-8-12/h7-10,13,15H,3-6,11,17H2,1-2H3. The molecule has 0 aliphatic rings. The highest BCUT2D eigenvalue weighted by molar-refractivity contribution is 5.17. The van der Waals surface area contributed by atoms with Crippen LogP contribution in [0, 0.1) is 11.7 Å². The van der Waals surface area contributed by atoms with Crippen LogP contribution in [-0.4, -0.2) is 6.04 Å². The first-order valence-electron chi connectivity index (χ1n) is 6.67. The second-order valence-electron chi connectivity index (χ2n) is 4.83. The van der Waals surface area contributed by atoms with E-state index in [1.165, 1.54) is 37.8 Å². The van der Waals surface area contributed by atoms with E-state index in [0.717, 1.165) is 12.0 Å². The van der Waals surface area contributed by atoms with Gasteiger partial charge in [-0.3, -0.25) is 0 Å². The fraction of sp³-hybridized carbons (Fsp3) is 0.600. The molecule has 17 heavy (non-hydrogen) atoms. The summed E-state index contributed by atoms with van der Waals surface area (Å²) >= 11 is 0. The van der Waals surface area contributed by atoms with Gasteiger partial charge in [0.15, 0.2) is 0 Å². The quantitative estimate of drug-likeness (QED) is 0.764. The number of rotatable bonds is 7. The molecule has 0 heterocycles. The summed E-state index contributed by atoms with van der Waals surface area (Å²) in [5, 5.41) is 0. The molecule has 1 rings (SSSR count). The maximum Gasteiger partial charge on any atom is 0.123 e. The third kappa shape index (κ3) is 4.86. The fourth-order valence-electron chi connectivity index (χ4n) is 2.37. The van der Waals surface area contributed by atoms with Gasteiger partial charge in [0, 0.05) is 6.04 Å². The van der Waals surface area contributed by atoms with E-state index < -0.39 is 0 Å². The van der Waals surface area contributed by atoms with Crippen LogP contribution in [0.15, 0.2) is 24.3 Å². The maximum atomic E-state index is 12.8. The fourth-order valence-corrected chi connectivity index (χ4v) is 2.37. The van der Waals surface area contributed by atoms with Crippen LogP contribution in [0.25, 0.3) is 0 Å². The molecule has 1 unspecified atom stereocenters. The summed E-state index contributed by atoms with van der Waals surface area (Å²) in [5.41, 5.74) is 7.40. The number of hydrogen-bond acceptors (Lipinski definition) is 1. The smallest absolute Gasteiger partial charge is 0.123 e. The van der Waals surface area contributed by atoms with Gasteiger partial charge < -0.3 is 5.73 Å². The largest absolute Gasteiger partial charge is 0.327 e. The van der Waals surface area contributed by atoms with Crippen LogP contribution in [-0.2, 0) is 6.42 Å². The minimum Gasteiger partial charge on any atom is -0.327 e. The summed E-state index contributed by atoms with van der Waals surface area (Å²) < 4.78 is 12.8. The van der Waals surface area contributed by atoms with Crippen molar-refractivity contribution in [3.63, 3.8) is 0 Å². The van der Waals surface area contributed by atoms with Gasteiger partial charge >= 0.3 is 0 Å². The predicted molar refractivity (Wildman–Crippen MR) is 71.4 cm³/mol. The van der Waals surface area contributed by atoms with Gasteiger partial charge in [-0.05, 0) is 42.9 Å². The Bertz CT molecular complexity index is 301. The molecule has 1 nitrogen and oxygen atoms in total. The summed E-state index contributed by atoms with van der Waals surface area (Å²) in [6, 6.07) is 6.89. The van der Waals surface area contributed by atoms with E-state index in [9.17, 15) is 4.39 Å². The van der Waals surface area contributed by atoms with Crippen molar-refractivity contribution in [1.82, 2.24) is 0 Å². The summed E-state index contributed by atoms with van der Waals surface area (Å²) in [6.45, 7) is 4.40. The van der Waals surface area contributed by atoms with Crippen molar-refractivity contribution in [3.8, 4) is 0 Å². The average Bonchev–Trinajstić information content (AvgIpc) is 2.32. The van der Waals surface area contributed by atoms with E-state index >= 15 is 0 Å². The van der Waals surface area contributed by atoms with E-state index in [1.807, 2.05) is 12.1 Å². The minimum absolute atomic E-state index is 0.180. The molecule has 2 heteroatoms. The van der Waals surface area contributed by atoms with Crippen molar-refractivity contribution in [2.24, 2.45) is 11.7 Å². The molecule has 1 aromatic carbocycles. The van der Waals surface area contributed by atoms with Gasteiger partial charge in [0.25, 0.3) is 0 Å². The van der Waals surface area contributed by atoms with Gasteiger partial charge in [-0.15, -0.1) is 0 Å². The van der Waals surface area contributed by atoms with Crippen LogP contribution in [0.5, 0.6) is 0 Å². The molecule has 2 N–H and O–H groups in total.